The molecule has 32 heavy (non-hydrogen) atoms. The van der Waals surface area contributed by atoms with Crippen LogP contribution < -0.4 is 20.5 Å². The fourth-order valence-corrected chi connectivity index (χ4v) is 8.39. The Labute approximate surface area is 191 Å². The van der Waals surface area contributed by atoms with Gasteiger partial charge < -0.3 is 0 Å². The van der Waals surface area contributed by atoms with Crippen LogP contribution in [-0.4, -0.2) is 6.66 Å². The van der Waals surface area contributed by atoms with E-state index in [1.807, 2.05) is 0 Å². The number of rotatable bonds is 4. The Hall–Kier alpha value is -3.28. The predicted molar refractivity (Wildman–Crippen MR) is 140 cm³/mol. The van der Waals surface area contributed by atoms with Gasteiger partial charge in [-0.25, -0.2) is 4.57 Å². The van der Waals surface area contributed by atoms with E-state index in [1.54, 1.807) is 0 Å². The number of aromatic nitrogens is 1. The highest BCUT2D eigenvalue weighted by Gasteiger charge is 2.41. The number of nitrogens with zero attached hydrogens (tertiary/aromatic N) is 1. The lowest BCUT2D eigenvalue weighted by molar-refractivity contribution is -0.660. The third-order valence-electron chi connectivity index (χ3n) is 6.64. The van der Waals surface area contributed by atoms with Crippen LogP contribution in [0.3, 0.4) is 0 Å². The third-order valence-corrected chi connectivity index (χ3v) is 10.6. The molecule has 5 rings (SSSR count). The molecule has 5 aromatic rings. The molecule has 0 saturated carbocycles. The van der Waals surface area contributed by atoms with Crippen molar-refractivity contribution in [3.8, 4) is 11.3 Å². The zero-order valence-corrected chi connectivity index (χ0v) is 19.8. The minimum Gasteiger partial charge on any atom is -0.201 e. The number of aryl methyl sites for hydroxylation is 2. The molecule has 4 aromatic carbocycles. The van der Waals surface area contributed by atoms with Crippen molar-refractivity contribution in [3.63, 3.8) is 0 Å². The lowest BCUT2D eigenvalue weighted by Crippen LogP contribution is -2.31. The van der Waals surface area contributed by atoms with E-state index in [0.29, 0.717) is 0 Å². The maximum atomic E-state index is 2.47. The monoisotopic (exact) mass is 433 g/mol. The van der Waals surface area contributed by atoms with E-state index in [4.69, 9.17) is 0 Å². The van der Waals surface area contributed by atoms with E-state index in [-0.39, 0.29) is 0 Å². The minimum absolute atomic E-state index is 1.24. The highest BCUT2D eigenvalue weighted by molar-refractivity contribution is 7.95. The Bertz CT molecular complexity index is 1350. The van der Waals surface area contributed by atoms with Gasteiger partial charge in [0.1, 0.15) is 30.2 Å². The number of benzene rings is 4. The topological polar surface area (TPSA) is 3.88 Å². The number of fused-ring (bicyclic) bond motifs is 1. The van der Waals surface area contributed by atoms with Crippen LogP contribution in [0.25, 0.3) is 22.0 Å². The molecule has 0 atom stereocenters. The first kappa shape index (κ1) is 20.6. The molecule has 0 aliphatic rings. The number of pyridine rings is 1. The van der Waals surface area contributed by atoms with Gasteiger partial charge in [-0.1, -0.05) is 54.6 Å². The van der Waals surface area contributed by atoms with Gasteiger partial charge >= 0.3 is 0 Å². The Morgan fingerprint density at radius 1 is 0.625 bits per heavy atom. The average molecular weight is 434 g/mol. The van der Waals surface area contributed by atoms with Crippen molar-refractivity contribution in [3.05, 3.63) is 121 Å². The standard InChI is InChI=1S/C30H28NP/c1-23-27(28-18-10-11-22-31(28)2)21-20-24-13-12-19-29(30(23)24)32(3,25-14-6-4-7-15-25)26-16-8-5-9-17-26/h4-22H,1-3H3/q+2. The van der Waals surface area contributed by atoms with E-state index >= 15 is 0 Å². The van der Waals surface area contributed by atoms with E-state index in [2.05, 4.69) is 141 Å². The second-order valence-electron chi connectivity index (χ2n) is 8.49. The molecule has 1 nitrogen and oxygen atoms in total. The van der Waals surface area contributed by atoms with Crippen molar-refractivity contribution in [2.45, 2.75) is 6.92 Å². The van der Waals surface area contributed by atoms with Crippen molar-refractivity contribution in [2.24, 2.45) is 7.05 Å². The fourth-order valence-electron chi connectivity index (χ4n) is 4.87. The highest BCUT2D eigenvalue weighted by atomic mass is 31.2. The molecule has 0 fully saturated rings. The van der Waals surface area contributed by atoms with Gasteiger partial charge in [0.15, 0.2) is 6.20 Å². The van der Waals surface area contributed by atoms with Gasteiger partial charge in [-0.2, -0.15) is 0 Å². The minimum atomic E-state index is -1.83. The van der Waals surface area contributed by atoms with Crippen LogP contribution in [0, 0.1) is 6.92 Å². The van der Waals surface area contributed by atoms with Gasteiger partial charge in [-0.3, -0.25) is 0 Å². The van der Waals surface area contributed by atoms with Crippen LogP contribution in [0.1, 0.15) is 5.56 Å². The first-order valence-corrected chi connectivity index (χ1v) is 13.3. The molecular formula is C30H28NP+2. The summed E-state index contributed by atoms with van der Waals surface area (Å²) >= 11 is 0. The molecule has 1 heterocycles. The summed E-state index contributed by atoms with van der Waals surface area (Å²) in [5.74, 6) is 0. The Balaban J connectivity index is 1.86. The molecule has 1 aromatic heterocycles. The molecule has 0 spiro atoms. The summed E-state index contributed by atoms with van der Waals surface area (Å²) in [7, 11) is 0.292. The molecule has 0 saturated heterocycles. The molecule has 0 unspecified atom stereocenters. The summed E-state index contributed by atoms with van der Waals surface area (Å²) in [6.45, 7) is 4.76. The van der Waals surface area contributed by atoms with Gasteiger partial charge in [0.05, 0.1) is 6.66 Å². The molecule has 156 valence electrons. The van der Waals surface area contributed by atoms with Crippen LogP contribution in [0.15, 0.2) is 115 Å². The second kappa shape index (κ2) is 8.34. The molecule has 0 amide bonds. The van der Waals surface area contributed by atoms with Crippen LogP contribution in [0.2, 0.25) is 0 Å². The Morgan fingerprint density at radius 2 is 1.25 bits per heavy atom. The number of hydrogen-bond donors (Lipinski definition) is 0. The van der Waals surface area contributed by atoms with Gasteiger partial charge in [0.2, 0.25) is 5.69 Å². The maximum absolute atomic E-state index is 2.47. The second-order valence-corrected chi connectivity index (χ2v) is 12.0. The van der Waals surface area contributed by atoms with Crippen LogP contribution >= 0.6 is 7.26 Å². The lowest BCUT2D eigenvalue weighted by Gasteiger charge is -2.25. The molecule has 0 radical (unpaired) electrons. The first-order chi connectivity index (χ1) is 15.6. The van der Waals surface area contributed by atoms with E-state index in [1.165, 1.54) is 43.5 Å². The Morgan fingerprint density at radius 3 is 1.88 bits per heavy atom. The lowest BCUT2D eigenvalue weighted by atomic mass is 9.97. The first-order valence-electron chi connectivity index (χ1n) is 11.1. The quantitative estimate of drug-likeness (QED) is 0.258. The Kier molecular flexibility index (Phi) is 5.37. The maximum Gasteiger partial charge on any atom is 0.212 e. The summed E-state index contributed by atoms with van der Waals surface area (Å²) < 4.78 is 2.21. The largest absolute Gasteiger partial charge is 0.212 e. The zero-order valence-electron chi connectivity index (χ0n) is 18.9. The molecule has 0 aliphatic heterocycles. The summed E-state index contributed by atoms with van der Waals surface area (Å²) in [6.07, 6.45) is 2.12. The van der Waals surface area contributed by atoms with Gasteiger partial charge in [-0.15, -0.1) is 0 Å². The highest BCUT2D eigenvalue weighted by Crippen LogP contribution is 2.53. The van der Waals surface area contributed by atoms with Gasteiger partial charge in [0.25, 0.3) is 0 Å². The van der Waals surface area contributed by atoms with Crippen molar-refractivity contribution in [2.75, 3.05) is 6.66 Å². The zero-order chi connectivity index (χ0) is 22.1. The van der Waals surface area contributed by atoms with Crippen LogP contribution in [0.5, 0.6) is 0 Å². The SMILES string of the molecule is Cc1c(-c2cccc[n+]2C)ccc2cccc([P+](C)(c3ccccc3)c3ccccc3)c12. The molecule has 0 aliphatic carbocycles. The van der Waals surface area contributed by atoms with Crippen LogP contribution in [0.4, 0.5) is 0 Å². The summed E-state index contributed by atoms with van der Waals surface area (Å²) in [5.41, 5.74) is 3.87. The fraction of sp³-hybridized carbons (Fsp3) is 0.100. The molecule has 2 heteroatoms. The van der Waals surface area contributed by atoms with Crippen molar-refractivity contribution in [1.82, 2.24) is 0 Å². The summed E-state index contributed by atoms with van der Waals surface area (Å²) in [6, 6.07) is 39.9. The van der Waals surface area contributed by atoms with E-state index in [9.17, 15) is 0 Å². The molecule has 0 N–H and O–H groups in total. The summed E-state index contributed by atoms with van der Waals surface area (Å²) in [4.78, 5) is 0. The third kappa shape index (κ3) is 3.34. The normalized spacial score (nSPS) is 11.6. The van der Waals surface area contributed by atoms with Crippen molar-refractivity contribution >= 4 is 33.9 Å². The predicted octanol–water partition coefficient (Wildman–Crippen LogP) is 5.56. The number of hydrogen-bond acceptors (Lipinski definition) is 0. The molecule has 0 bridgehead atoms. The van der Waals surface area contributed by atoms with Crippen molar-refractivity contribution in [1.29, 1.82) is 0 Å². The average Bonchev–Trinajstić information content (AvgIpc) is 2.85. The van der Waals surface area contributed by atoms with E-state index in [0.717, 1.165) is 0 Å². The van der Waals surface area contributed by atoms with Gasteiger partial charge in [-0.05, 0) is 60.3 Å². The van der Waals surface area contributed by atoms with Gasteiger partial charge in [0, 0.05) is 23.1 Å². The van der Waals surface area contributed by atoms with E-state index < -0.39 is 7.26 Å². The van der Waals surface area contributed by atoms with Crippen LogP contribution in [-0.2, 0) is 7.05 Å². The summed E-state index contributed by atoms with van der Waals surface area (Å²) in [5, 5.41) is 6.96. The van der Waals surface area contributed by atoms with Crippen molar-refractivity contribution < 1.29 is 4.57 Å². The smallest absolute Gasteiger partial charge is 0.201 e. The molecular weight excluding hydrogens is 405 g/mol.